The normalized spacial score (nSPS) is 29.9. The van der Waals surface area contributed by atoms with Gasteiger partial charge in [-0.1, -0.05) is 6.92 Å². The van der Waals surface area contributed by atoms with E-state index in [0.717, 1.165) is 44.3 Å². The van der Waals surface area contributed by atoms with E-state index < -0.39 is 0 Å². The Morgan fingerprint density at radius 3 is 2.56 bits per heavy atom. The Morgan fingerprint density at radius 2 is 2.06 bits per heavy atom. The molecule has 1 aliphatic heterocycles. The van der Waals surface area contributed by atoms with Gasteiger partial charge in [0, 0.05) is 20.7 Å². The lowest BCUT2D eigenvalue weighted by molar-refractivity contribution is -0.146. The summed E-state index contributed by atoms with van der Waals surface area (Å²) in [6, 6.07) is 0. The summed E-state index contributed by atoms with van der Waals surface area (Å²) in [5, 5.41) is 3.33. The second-order valence-electron chi connectivity index (χ2n) is 6.12. The molecule has 2 atom stereocenters. The minimum Gasteiger partial charge on any atom is -0.384 e. The van der Waals surface area contributed by atoms with Crippen LogP contribution in [0.5, 0.6) is 0 Å². The van der Waals surface area contributed by atoms with Gasteiger partial charge in [0.05, 0.1) is 12.0 Å². The van der Waals surface area contributed by atoms with Crippen molar-refractivity contribution in [1.29, 1.82) is 0 Å². The van der Waals surface area contributed by atoms with E-state index in [1.54, 1.807) is 7.11 Å². The lowest BCUT2D eigenvalue weighted by Crippen LogP contribution is -2.51. The number of piperidine rings is 1. The highest BCUT2D eigenvalue weighted by Gasteiger charge is 2.43. The Kier molecular flexibility index (Phi) is 4.28. The van der Waals surface area contributed by atoms with Crippen LogP contribution in [0.2, 0.25) is 0 Å². The molecule has 1 aliphatic carbocycles. The zero-order valence-corrected chi connectivity index (χ0v) is 11.9. The van der Waals surface area contributed by atoms with Crippen LogP contribution in [0.3, 0.4) is 0 Å². The Balaban J connectivity index is 1.97. The molecule has 4 heteroatoms. The van der Waals surface area contributed by atoms with Gasteiger partial charge in [-0.2, -0.15) is 0 Å². The highest BCUT2D eigenvalue weighted by atomic mass is 16.5. The molecule has 104 valence electrons. The van der Waals surface area contributed by atoms with Crippen molar-refractivity contribution >= 4 is 5.91 Å². The van der Waals surface area contributed by atoms with Crippen molar-refractivity contribution in [2.75, 3.05) is 40.4 Å². The van der Waals surface area contributed by atoms with Crippen LogP contribution in [-0.2, 0) is 9.53 Å². The van der Waals surface area contributed by atoms with E-state index in [9.17, 15) is 4.79 Å². The van der Waals surface area contributed by atoms with Crippen LogP contribution in [0.4, 0.5) is 0 Å². The van der Waals surface area contributed by atoms with Crippen molar-refractivity contribution in [3.05, 3.63) is 0 Å². The fourth-order valence-electron chi connectivity index (χ4n) is 3.09. The van der Waals surface area contributed by atoms with Gasteiger partial charge in [0.15, 0.2) is 0 Å². The summed E-state index contributed by atoms with van der Waals surface area (Å²) in [5.74, 6) is 1.80. The first-order chi connectivity index (χ1) is 8.59. The number of carbonyl (C=O) groups is 1. The van der Waals surface area contributed by atoms with E-state index in [1.165, 1.54) is 6.42 Å². The van der Waals surface area contributed by atoms with Crippen molar-refractivity contribution in [2.45, 2.75) is 26.2 Å². The molecule has 2 fully saturated rings. The van der Waals surface area contributed by atoms with Gasteiger partial charge in [-0.3, -0.25) is 4.79 Å². The molecule has 1 N–H and O–H groups in total. The number of amides is 1. The van der Waals surface area contributed by atoms with Crippen LogP contribution < -0.4 is 5.32 Å². The highest BCUT2D eigenvalue weighted by Crippen LogP contribution is 2.39. The fourth-order valence-corrected chi connectivity index (χ4v) is 3.09. The molecule has 0 radical (unpaired) electrons. The summed E-state index contributed by atoms with van der Waals surface area (Å²) in [5.41, 5.74) is -0.285. The summed E-state index contributed by atoms with van der Waals surface area (Å²) in [6.45, 7) is 5.57. The van der Waals surface area contributed by atoms with Crippen LogP contribution in [-0.4, -0.2) is 51.2 Å². The number of methoxy groups -OCH3 is 1. The van der Waals surface area contributed by atoms with E-state index in [0.29, 0.717) is 6.61 Å². The van der Waals surface area contributed by atoms with E-state index in [1.807, 2.05) is 11.9 Å². The monoisotopic (exact) mass is 254 g/mol. The third kappa shape index (κ3) is 2.86. The molecule has 1 saturated carbocycles. The average molecular weight is 254 g/mol. The zero-order chi connectivity index (χ0) is 13.2. The van der Waals surface area contributed by atoms with Crippen LogP contribution in [0.15, 0.2) is 0 Å². The molecule has 0 aromatic rings. The second-order valence-corrected chi connectivity index (χ2v) is 6.12. The Labute approximate surface area is 110 Å². The Hall–Kier alpha value is -0.610. The molecular formula is C14H26N2O2. The van der Waals surface area contributed by atoms with Crippen molar-refractivity contribution in [2.24, 2.45) is 17.3 Å². The molecule has 18 heavy (non-hydrogen) atoms. The molecule has 2 unspecified atom stereocenters. The van der Waals surface area contributed by atoms with Gasteiger partial charge in [0.1, 0.15) is 0 Å². The lowest BCUT2D eigenvalue weighted by Gasteiger charge is -2.38. The maximum atomic E-state index is 12.7. The summed E-state index contributed by atoms with van der Waals surface area (Å²) < 4.78 is 5.32. The third-order valence-corrected chi connectivity index (χ3v) is 4.57. The quantitative estimate of drug-likeness (QED) is 0.799. The third-order valence-electron chi connectivity index (χ3n) is 4.57. The molecule has 0 spiro atoms. The summed E-state index contributed by atoms with van der Waals surface area (Å²) in [6.07, 6.45) is 3.06. The van der Waals surface area contributed by atoms with Crippen molar-refractivity contribution in [3.63, 3.8) is 0 Å². The molecule has 4 nitrogen and oxygen atoms in total. The molecule has 0 bridgehead atoms. The maximum Gasteiger partial charge on any atom is 0.230 e. The number of hydrogen-bond donors (Lipinski definition) is 1. The molecule has 1 saturated heterocycles. The predicted octanol–water partition coefficient (Wildman–Crippen LogP) is 1.12. The SMILES string of the molecule is COCC1(C(=O)N(C)CC2CC2C)CCNCC1. The number of nitrogens with one attached hydrogen (secondary N) is 1. The number of carbonyl (C=O) groups excluding carboxylic acids is 1. The fraction of sp³-hybridized carbons (Fsp3) is 0.929. The van der Waals surface area contributed by atoms with E-state index >= 15 is 0 Å². The summed E-state index contributed by atoms with van der Waals surface area (Å²) >= 11 is 0. The molecule has 1 heterocycles. The van der Waals surface area contributed by atoms with Gasteiger partial charge < -0.3 is 15.0 Å². The summed E-state index contributed by atoms with van der Waals surface area (Å²) in [7, 11) is 3.65. The minimum absolute atomic E-state index is 0.282. The Morgan fingerprint density at radius 1 is 1.44 bits per heavy atom. The van der Waals surface area contributed by atoms with Crippen molar-refractivity contribution < 1.29 is 9.53 Å². The highest BCUT2D eigenvalue weighted by molar-refractivity contribution is 5.83. The largest absolute Gasteiger partial charge is 0.384 e. The van der Waals surface area contributed by atoms with Crippen molar-refractivity contribution in [3.8, 4) is 0 Å². The predicted molar refractivity (Wildman–Crippen MR) is 71.3 cm³/mol. The van der Waals surface area contributed by atoms with Gasteiger partial charge in [0.2, 0.25) is 5.91 Å². The van der Waals surface area contributed by atoms with Gasteiger partial charge >= 0.3 is 0 Å². The molecular weight excluding hydrogens is 228 g/mol. The number of ether oxygens (including phenoxy) is 1. The van der Waals surface area contributed by atoms with Crippen LogP contribution in [0.25, 0.3) is 0 Å². The first-order valence-corrected chi connectivity index (χ1v) is 7.04. The van der Waals surface area contributed by atoms with Crippen LogP contribution >= 0.6 is 0 Å². The first-order valence-electron chi connectivity index (χ1n) is 7.04. The molecule has 2 rings (SSSR count). The van der Waals surface area contributed by atoms with E-state index in [4.69, 9.17) is 4.74 Å². The van der Waals surface area contributed by atoms with Gasteiger partial charge in [-0.05, 0) is 44.2 Å². The topological polar surface area (TPSA) is 41.6 Å². The van der Waals surface area contributed by atoms with Crippen LogP contribution in [0, 0.1) is 17.3 Å². The van der Waals surface area contributed by atoms with E-state index in [-0.39, 0.29) is 11.3 Å². The smallest absolute Gasteiger partial charge is 0.230 e. The van der Waals surface area contributed by atoms with Gasteiger partial charge in [0.25, 0.3) is 0 Å². The Bertz CT molecular complexity index is 295. The lowest BCUT2D eigenvalue weighted by atomic mass is 9.78. The van der Waals surface area contributed by atoms with E-state index in [2.05, 4.69) is 12.2 Å². The number of nitrogens with zero attached hydrogens (tertiary/aromatic N) is 1. The minimum atomic E-state index is -0.285. The number of rotatable bonds is 5. The van der Waals surface area contributed by atoms with Crippen LogP contribution in [0.1, 0.15) is 26.2 Å². The second kappa shape index (κ2) is 5.57. The zero-order valence-electron chi connectivity index (χ0n) is 11.9. The maximum absolute atomic E-state index is 12.7. The van der Waals surface area contributed by atoms with Gasteiger partial charge in [-0.25, -0.2) is 0 Å². The number of hydrogen-bond acceptors (Lipinski definition) is 3. The first kappa shape index (κ1) is 13.8. The van der Waals surface area contributed by atoms with Crippen molar-refractivity contribution in [1.82, 2.24) is 10.2 Å². The summed E-state index contributed by atoms with van der Waals surface area (Å²) in [4.78, 5) is 14.6. The molecule has 0 aromatic carbocycles. The molecule has 1 amide bonds. The molecule has 2 aliphatic rings. The van der Waals surface area contributed by atoms with Gasteiger partial charge in [-0.15, -0.1) is 0 Å². The standard InChI is InChI=1S/C14H26N2O2/c1-11-8-12(11)9-16(2)13(17)14(10-18-3)4-6-15-7-5-14/h11-12,15H,4-10H2,1-3H3. The average Bonchev–Trinajstić information content (AvgIpc) is 3.05. The molecule has 0 aromatic heterocycles.